The van der Waals surface area contributed by atoms with Crippen LogP contribution in [0.1, 0.15) is 37.9 Å². The van der Waals surface area contributed by atoms with Crippen molar-refractivity contribution < 1.29 is 18.0 Å². The van der Waals surface area contributed by atoms with E-state index >= 15 is 0 Å². The van der Waals surface area contributed by atoms with E-state index in [4.69, 9.17) is 0 Å². The lowest BCUT2D eigenvalue weighted by Gasteiger charge is -2.12. The molecule has 1 saturated heterocycles. The summed E-state index contributed by atoms with van der Waals surface area (Å²) in [5.41, 5.74) is 0. The number of urea groups is 1. The largest absolute Gasteiger partial charge is 0.335 e. The molecule has 2 fully saturated rings. The SMILES string of the molecule is CC(Sc1nnc(C2CCS(=O)(=O)C2)n1C)C(=O)NC(=O)NC1CC1. The summed E-state index contributed by atoms with van der Waals surface area (Å²) in [5.74, 6) is 0.298. The summed E-state index contributed by atoms with van der Waals surface area (Å²) in [5, 5.41) is 13.2. The van der Waals surface area contributed by atoms with Crippen LogP contribution in [0.4, 0.5) is 4.79 Å². The number of hydrogen-bond donors (Lipinski definition) is 2. The van der Waals surface area contributed by atoms with Crippen molar-refractivity contribution in [3.05, 3.63) is 5.82 Å². The van der Waals surface area contributed by atoms with Gasteiger partial charge < -0.3 is 9.88 Å². The van der Waals surface area contributed by atoms with Crippen molar-refractivity contribution in [3.63, 3.8) is 0 Å². The molecule has 2 aliphatic rings. The lowest BCUT2D eigenvalue weighted by atomic mass is 10.1. The van der Waals surface area contributed by atoms with Crippen LogP contribution in [0.25, 0.3) is 0 Å². The molecule has 1 aromatic heterocycles. The van der Waals surface area contributed by atoms with Crippen LogP contribution >= 0.6 is 11.8 Å². The van der Waals surface area contributed by atoms with E-state index in [0.717, 1.165) is 12.8 Å². The summed E-state index contributed by atoms with van der Waals surface area (Å²) in [7, 11) is -1.25. The fourth-order valence-electron chi connectivity index (χ4n) is 2.66. The van der Waals surface area contributed by atoms with E-state index < -0.39 is 27.0 Å². The Bertz CT molecular complexity index is 787. The first-order valence-electron chi connectivity index (χ1n) is 8.13. The van der Waals surface area contributed by atoms with Crippen molar-refractivity contribution in [1.29, 1.82) is 0 Å². The lowest BCUT2D eigenvalue weighted by Crippen LogP contribution is -2.43. The van der Waals surface area contributed by atoms with Crippen molar-refractivity contribution >= 4 is 33.5 Å². The maximum atomic E-state index is 12.1. The summed E-state index contributed by atoms with van der Waals surface area (Å²) >= 11 is 1.18. The Kier molecular flexibility index (Phi) is 5.05. The minimum Gasteiger partial charge on any atom is -0.335 e. The second-order valence-electron chi connectivity index (χ2n) is 6.50. The zero-order valence-electron chi connectivity index (χ0n) is 14.1. The van der Waals surface area contributed by atoms with E-state index in [1.165, 1.54) is 11.8 Å². The minimum absolute atomic E-state index is 0.0843. The number of rotatable bonds is 5. The molecular weight excluding hydrogens is 366 g/mol. The topological polar surface area (TPSA) is 123 Å². The van der Waals surface area contributed by atoms with Crippen LogP contribution in [0.2, 0.25) is 0 Å². The Morgan fingerprint density at radius 1 is 1.28 bits per heavy atom. The number of thioether (sulfide) groups is 1. The molecule has 0 aromatic carbocycles. The first-order valence-corrected chi connectivity index (χ1v) is 10.8. The van der Waals surface area contributed by atoms with Gasteiger partial charge >= 0.3 is 6.03 Å². The maximum Gasteiger partial charge on any atom is 0.321 e. The predicted octanol–water partition coefficient (Wildman–Crippen LogP) is 0.186. The third kappa shape index (κ3) is 4.51. The standard InChI is InChI=1S/C14H21N5O4S2/c1-8(12(20)16-13(21)15-10-3-4-10)24-14-18-17-11(19(14)2)9-5-6-25(22,23)7-9/h8-10H,3-7H2,1-2H3,(H2,15,16,20,21). The van der Waals surface area contributed by atoms with Crippen LogP contribution in [0.5, 0.6) is 0 Å². The van der Waals surface area contributed by atoms with Gasteiger partial charge in [-0.15, -0.1) is 10.2 Å². The molecule has 2 N–H and O–H groups in total. The van der Waals surface area contributed by atoms with E-state index in [2.05, 4.69) is 20.8 Å². The molecule has 3 amide bonds. The fourth-order valence-corrected chi connectivity index (χ4v) is 5.22. The molecule has 1 saturated carbocycles. The summed E-state index contributed by atoms with van der Waals surface area (Å²) in [6.07, 6.45) is 2.44. The summed E-state index contributed by atoms with van der Waals surface area (Å²) in [4.78, 5) is 23.7. The van der Waals surface area contributed by atoms with Crippen LogP contribution in [0.15, 0.2) is 5.16 Å². The zero-order chi connectivity index (χ0) is 18.2. The molecule has 9 nitrogen and oxygen atoms in total. The average molecular weight is 387 g/mol. The highest BCUT2D eigenvalue weighted by Crippen LogP contribution is 2.30. The summed E-state index contributed by atoms with van der Waals surface area (Å²) in [6.45, 7) is 1.68. The maximum absolute atomic E-state index is 12.1. The van der Waals surface area contributed by atoms with Gasteiger partial charge in [-0.3, -0.25) is 10.1 Å². The first-order chi connectivity index (χ1) is 11.7. The Morgan fingerprint density at radius 2 is 2.00 bits per heavy atom. The molecule has 0 spiro atoms. The second kappa shape index (κ2) is 6.94. The normalized spacial score (nSPS) is 23.2. The van der Waals surface area contributed by atoms with Crippen LogP contribution in [-0.2, 0) is 21.7 Å². The molecule has 0 radical (unpaired) electrons. The minimum atomic E-state index is -3.00. The molecule has 3 rings (SSSR count). The predicted molar refractivity (Wildman–Crippen MR) is 92.0 cm³/mol. The van der Waals surface area contributed by atoms with E-state index in [1.54, 1.807) is 18.5 Å². The number of nitrogens with one attached hydrogen (secondary N) is 2. The van der Waals surface area contributed by atoms with Gasteiger partial charge in [-0.05, 0) is 26.2 Å². The van der Waals surface area contributed by atoms with Gasteiger partial charge in [0.15, 0.2) is 15.0 Å². The number of nitrogens with zero attached hydrogens (tertiary/aromatic N) is 3. The number of amides is 3. The van der Waals surface area contributed by atoms with Crippen LogP contribution in [0.3, 0.4) is 0 Å². The smallest absolute Gasteiger partial charge is 0.321 e. The monoisotopic (exact) mass is 387 g/mol. The first kappa shape index (κ1) is 18.2. The number of imide groups is 1. The van der Waals surface area contributed by atoms with Gasteiger partial charge in [-0.25, -0.2) is 13.2 Å². The van der Waals surface area contributed by atoms with E-state index in [-0.39, 0.29) is 23.5 Å². The number of carbonyl (C=O) groups excluding carboxylic acids is 2. The van der Waals surface area contributed by atoms with Crippen LogP contribution in [0, 0.1) is 0 Å². The second-order valence-corrected chi connectivity index (χ2v) is 10.0. The average Bonchev–Trinajstić information content (AvgIpc) is 3.16. The summed E-state index contributed by atoms with van der Waals surface area (Å²) < 4.78 is 25.0. The van der Waals surface area contributed by atoms with E-state index in [0.29, 0.717) is 17.4 Å². The quantitative estimate of drug-likeness (QED) is 0.691. The third-order valence-corrected chi connectivity index (χ3v) is 7.17. The molecule has 1 aliphatic carbocycles. The molecule has 2 heterocycles. The zero-order valence-corrected chi connectivity index (χ0v) is 15.7. The lowest BCUT2D eigenvalue weighted by molar-refractivity contribution is -0.119. The van der Waals surface area contributed by atoms with Gasteiger partial charge in [0.1, 0.15) is 5.82 Å². The number of aromatic nitrogens is 3. The van der Waals surface area contributed by atoms with Crippen LogP contribution < -0.4 is 10.6 Å². The number of carbonyl (C=O) groups is 2. The van der Waals surface area contributed by atoms with E-state index in [1.807, 2.05) is 0 Å². The third-order valence-electron chi connectivity index (χ3n) is 4.27. The summed E-state index contributed by atoms with van der Waals surface area (Å²) in [6, 6.07) is -0.297. The Morgan fingerprint density at radius 3 is 2.60 bits per heavy atom. The van der Waals surface area contributed by atoms with Crippen molar-refractivity contribution in [3.8, 4) is 0 Å². The van der Waals surface area contributed by atoms with Gasteiger partial charge in [-0.1, -0.05) is 11.8 Å². The Hall–Kier alpha value is -1.62. The van der Waals surface area contributed by atoms with Crippen molar-refractivity contribution in [1.82, 2.24) is 25.4 Å². The van der Waals surface area contributed by atoms with Crippen LogP contribution in [-0.4, -0.2) is 57.9 Å². The van der Waals surface area contributed by atoms with Crippen molar-refractivity contribution in [2.75, 3.05) is 11.5 Å². The number of hydrogen-bond acceptors (Lipinski definition) is 7. The molecule has 1 aliphatic heterocycles. The molecule has 11 heteroatoms. The molecule has 25 heavy (non-hydrogen) atoms. The molecule has 1 aromatic rings. The Labute approximate surface area is 150 Å². The highest BCUT2D eigenvalue weighted by atomic mass is 32.2. The highest BCUT2D eigenvalue weighted by molar-refractivity contribution is 8.00. The highest BCUT2D eigenvalue weighted by Gasteiger charge is 2.33. The van der Waals surface area contributed by atoms with Gasteiger partial charge in [0.2, 0.25) is 5.91 Å². The van der Waals surface area contributed by atoms with Gasteiger partial charge in [0, 0.05) is 19.0 Å². The van der Waals surface area contributed by atoms with Gasteiger partial charge in [-0.2, -0.15) is 0 Å². The number of sulfone groups is 1. The van der Waals surface area contributed by atoms with Crippen molar-refractivity contribution in [2.45, 2.75) is 48.6 Å². The molecule has 0 bridgehead atoms. The molecule has 2 unspecified atom stereocenters. The van der Waals surface area contributed by atoms with Gasteiger partial charge in [0.25, 0.3) is 0 Å². The molecular formula is C14H21N5O4S2. The van der Waals surface area contributed by atoms with E-state index in [9.17, 15) is 18.0 Å². The fraction of sp³-hybridized carbons (Fsp3) is 0.714. The molecule has 138 valence electrons. The Balaban J connectivity index is 1.58. The van der Waals surface area contributed by atoms with Gasteiger partial charge in [0.05, 0.1) is 16.8 Å². The van der Waals surface area contributed by atoms with Crippen molar-refractivity contribution in [2.24, 2.45) is 7.05 Å². The molecule has 2 atom stereocenters.